The lowest BCUT2D eigenvalue weighted by molar-refractivity contribution is 0.0897. The van der Waals surface area contributed by atoms with Crippen molar-refractivity contribution in [2.24, 2.45) is 5.41 Å². The number of rotatable bonds is 10. The molecule has 0 amide bonds. The van der Waals surface area contributed by atoms with E-state index in [9.17, 15) is 5.11 Å². The lowest BCUT2D eigenvalue weighted by Gasteiger charge is -2.41. The predicted molar refractivity (Wildman–Crippen MR) is 91.7 cm³/mol. The first kappa shape index (κ1) is 18.9. The molecule has 0 aromatic rings. The van der Waals surface area contributed by atoms with Gasteiger partial charge in [0.25, 0.3) is 0 Å². The van der Waals surface area contributed by atoms with Gasteiger partial charge in [-0.1, -0.05) is 33.6 Å². The first-order chi connectivity index (χ1) is 10.0. The molecule has 0 aromatic heterocycles. The minimum absolute atomic E-state index is 0.0948. The van der Waals surface area contributed by atoms with Gasteiger partial charge in [-0.2, -0.15) is 0 Å². The molecule has 1 aliphatic rings. The zero-order valence-corrected chi connectivity index (χ0v) is 14.9. The molecule has 3 nitrogen and oxygen atoms in total. The number of aliphatic hydroxyl groups excluding tert-OH is 1. The number of likely N-dealkylation sites (tertiary alicyclic amines) is 1. The zero-order valence-electron chi connectivity index (χ0n) is 14.9. The third-order valence-electron chi connectivity index (χ3n) is 5.77. The minimum Gasteiger partial charge on any atom is -0.394 e. The summed E-state index contributed by atoms with van der Waals surface area (Å²) in [4.78, 5) is 2.63. The van der Waals surface area contributed by atoms with Gasteiger partial charge in [-0.3, -0.25) is 0 Å². The summed E-state index contributed by atoms with van der Waals surface area (Å²) in [5, 5.41) is 13.1. The molecule has 3 heteroatoms. The van der Waals surface area contributed by atoms with Crippen LogP contribution in [0.15, 0.2) is 0 Å². The summed E-state index contributed by atoms with van der Waals surface area (Å²) in [6.07, 6.45) is 8.77. The Bertz CT molecular complexity index is 268. The van der Waals surface area contributed by atoms with Crippen LogP contribution in [0.2, 0.25) is 0 Å². The summed E-state index contributed by atoms with van der Waals surface area (Å²) in [5.74, 6) is 0. The Morgan fingerprint density at radius 2 is 1.76 bits per heavy atom. The summed E-state index contributed by atoms with van der Waals surface area (Å²) in [6, 6.07) is 0. The standard InChI is InChI=1S/C18H38N2O/c1-5-12-19-17(4,16-21)9-8-13-20-14-10-18(6-2,7-3)11-15-20/h19,21H,5-16H2,1-4H3. The highest BCUT2D eigenvalue weighted by molar-refractivity contribution is 4.85. The normalized spacial score (nSPS) is 22.1. The first-order valence-electron chi connectivity index (χ1n) is 9.11. The summed E-state index contributed by atoms with van der Waals surface area (Å²) < 4.78 is 0. The molecular weight excluding hydrogens is 260 g/mol. The van der Waals surface area contributed by atoms with Crippen molar-refractivity contribution in [3.8, 4) is 0 Å². The summed E-state index contributed by atoms with van der Waals surface area (Å²) in [6.45, 7) is 14.0. The molecule has 0 aliphatic carbocycles. The van der Waals surface area contributed by atoms with E-state index in [0.29, 0.717) is 5.41 Å². The summed E-state index contributed by atoms with van der Waals surface area (Å²) >= 11 is 0. The largest absolute Gasteiger partial charge is 0.394 e. The van der Waals surface area contributed by atoms with Crippen molar-refractivity contribution < 1.29 is 5.11 Å². The van der Waals surface area contributed by atoms with Crippen molar-refractivity contribution in [3.05, 3.63) is 0 Å². The van der Waals surface area contributed by atoms with Crippen LogP contribution in [0, 0.1) is 5.41 Å². The molecule has 1 heterocycles. The maximum atomic E-state index is 9.61. The van der Waals surface area contributed by atoms with Crippen molar-refractivity contribution in [3.63, 3.8) is 0 Å². The average Bonchev–Trinajstić information content (AvgIpc) is 2.54. The van der Waals surface area contributed by atoms with Crippen molar-refractivity contribution >= 4 is 0 Å². The first-order valence-corrected chi connectivity index (χ1v) is 9.11. The molecule has 1 saturated heterocycles. The molecule has 21 heavy (non-hydrogen) atoms. The number of hydrogen-bond acceptors (Lipinski definition) is 3. The second kappa shape index (κ2) is 9.12. The summed E-state index contributed by atoms with van der Waals surface area (Å²) in [5.41, 5.74) is 0.529. The van der Waals surface area contributed by atoms with Gasteiger partial charge in [-0.05, 0) is 70.6 Å². The van der Waals surface area contributed by atoms with Crippen LogP contribution < -0.4 is 5.32 Å². The predicted octanol–water partition coefficient (Wildman–Crippen LogP) is 3.42. The molecule has 0 aromatic carbocycles. The van der Waals surface area contributed by atoms with Crippen LogP contribution in [0.4, 0.5) is 0 Å². The third-order valence-corrected chi connectivity index (χ3v) is 5.77. The monoisotopic (exact) mass is 298 g/mol. The van der Waals surface area contributed by atoms with Gasteiger partial charge in [-0.15, -0.1) is 0 Å². The Balaban J connectivity index is 2.27. The molecule has 2 N–H and O–H groups in total. The number of piperidine rings is 1. The molecule has 0 saturated carbocycles. The molecule has 1 rings (SSSR count). The minimum atomic E-state index is -0.0948. The maximum absolute atomic E-state index is 9.61. The van der Waals surface area contributed by atoms with Gasteiger partial charge in [0.15, 0.2) is 0 Å². The van der Waals surface area contributed by atoms with Crippen LogP contribution in [0.3, 0.4) is 0 Å². The van der Waals surface area contributed by atoms with Crippen molar-refractivity contribution in [1.29, 1.82) is 0 Å². The van der Waals surface area contributed by atoms with Gasteiger partial charge in [0.05, 0.1) is 6.61 Å². The van der Waals surface area contributed by atoms with Crippen LogP contribution in [0.25, 0.3) is 0 Å². The van der Waals surface area contributed by atoms with Gasteiger partial charge < -0.3 is 15.3 Å². The number of nitrogens with zero attached hydrogens (tertiary/aromatic N) is 1. The van der Waals surface area contributed by atoms with Crippen LogP contribution in [0.1, 0.15) is 72.6 Å². The second-order valence-electron chi connectivity index (χ2n) is 7.30. The lowest BCUT2D eigenvalue weighted by atomic mass is 9.74. The van der Waals surface area contributed by atoms with E-state index in [2.05, 4.69) is 37.9 Å². The van der Waals surface area contributed by atoms with E-state index in [0.717, 1.165) is 19.4 Å². The fraction of sp³-hybridized carbons (Fsp3) is 1.00. The summed E-state index contributed by atoms with van der Waals surface area (Å²) in [7, 11) is 0. The smallest absolute Gasteiger partial charge is 0.0610 e. The van der Waals surface area contributed by atoms with Crippen LogP contribution in [0.5, 0.6) is 0 Å². The van der Waals surface area contributed by atoms with Crippen molar-refractivity contribution in [2.45, 2.75) is 78.2 Å². The molecule has 1 atom stereocenters. The van der Waals surface area contributed by atoms with E-state index in [4.69, 9.17) is 0 Å². The molecule has 0 radical (unpaired) electrons. The Morgan fingerprint density at radius 1 is 1.14 bits per heavy atom. The number of nitrogens with one attached hydrogen (secondary N) is 1. The van der Waals surface area contributed by atoms with Gasteiger partial charge in [-0.25, -0.2) is 0 Å². The Morgan fingerprint density at radius 3 is 2.24 bits per heavy atom. The van der Waals surface area contributed by atoms with Crippen LogP contribution in [-0.2, 0) is 0 Å². The topological polar surface area (TPSA) is 35.5 Å². The average molecular weight is 299 g/mol. The SMILES string of the molecule is CCCNC(C)(CO)CCCN1CCC(CC)(CC)CC1. The van der Waals surface area contributed by atoms with Gasteiger partial charge in [0.1, 0.15) is 0 Å². The van der Waals surface area contributed by atoms with E-state index < -0.39 is 0 Å². The Kier molecular flexibility index (Phi) is 8.22. The van der Waals surface area contributed by atoms with Crippen molar-refractivity contribution in [2.75, 3.05) is 32.8 Å². The Hall–Kier alpha value is -0.120. The van der Waals surface area contributed by atoms with Crippen LogP contribution >= 0.6 is 0 Å². The molecule has 1 fully saturated rings. The van der Waals surface area contributed by atoms with Crippen LogP contribution in [-0.4, -0.2) is 48.3 Å². The quantitative estimate of drug-likeness (QED) is 0.649. The number of aliphatic hydroxyl groups is 1. The third kappa shape index (κ3) is 5.88. The highest BCUT2D eigenvalue weighted by Crippen LogP contribution is 2.37. The van der Waals surface area contributed by atoms with E-state index in [1.165, 1.54) is 51.7 Å². The van der Waals surface area contributed by atoms with Gasteiger partial charge >= 0.3 is 0 Å². The van der Waals surface area contributed by atoms with E-state index in [-0.39, 0.29) is 12.1 Å². The highest BCUT2D eigenvalue weighted by Gasteiger charge is 2.31. The molecular formula is C18H38N2O. The van der Waals surface area contributed by atoms with Gasteiger partial charge in [0, 0.05) is 5.54 Å². The Labute approximate surface area is 132 Å². The maximum Gasteiger partial charge on any atom is 0.0610 e. The second-order valence-corrected chi connectivity index (χ2v) is 7.30. The lowest BCUT2D eigenvalue weighted by Crippen LogP contribution is -2.47. The fourth-order valence-corrected chi connectivity index (χ4v) is 3.55. The molecule has 126 valence electrons. The molecule has 1 unspecified atom stereocenters. The fourth-order valence-electron chi connectivity index (χ4n) is 3.55. The van der Waals surface area contributed by atoms with E-state index >= 15 is 0 Å². The zero-order chi connectivity index (χ0) is 15.8. The van der Waals surface area contributed by atoms with E-state index in [1.807, 2.05) is 0 Å². The molecule has 0 spiro atoms. The van der Waals surface area contributed by atoms with Crippen molar-refractivity contribution in [1.82, 2.24) is 10.2 Å². The van der Waals surface area contributed by atoms with E-state index in [1.54, 1.807) is 0 Å². The molecule has 0 bridgehead atoms. The number of hydrogen-bond donors (Lipinski definition) is 2. The highest BCUT2D eigenvalue weighted by atomic mass is 16.3. The van der Waals surface area contributed by atoms with Gasteiger partial charge in [0.2, 0.25) is 0 Å². The molecule has 1 aliphatic heterocycles.